The van der Waals surface area contributed by atoms with Crippen molar-refractivity contribution < 1.29 is 9.53 Å². The molecule has 0 unspecified atom stereocenters. The van der Waals surface area contributed by atoms with E-state index >= 15 is 0 Å². The van der Waals surface area contributed by atoms with Crippen molar-refractivity contribution in [1.82, 2.24) is 25.0 Å². The van der Waals surface area contributed by atoms with E-state index in [9.17, 15) is 9.59 Å². The van der Waals surface area contributed by atoms with Gasteiger partial charge in [0.1, 0.15) is 11.4 Å². The average molecular weight is 399 g/mol. The van der Waals surface area contributed by atoms with Gasteiger partial charge in [0, 0.05) is 44.6 Å². The van der Waals surface area contributed by atoms with Crippen molar-refractivity contribution in [3.63, 3.8) is 0 Å². The van der Waals surface area contributed by atoms with Gasteiger partial charge in [0.05, 0.1) is 6.61 Å². The molecule has 29 heavy (non-hydrogen) atoms. The number of amides is 1. The van der Waals surface area contributed by atoms with E-state index in [2.05, 4.69) is 33.9 Å². The van der Waals surface area contributed by atoms with E-state index < -0.39 is 0 Å². The van der Waals surface area contributed by atoms with E-state index in [0.717, 1.165) is 37.5 Å². The average Bonchev–Trinajstić information content (AvgIpc) is 2.72. The minimum Gasteiger partial charge on any atom is -0.493 e. The van der Waals surface area contributed by atoms with Crippen LogP contribution in [0.25, 0.3) is 11.4 Å². The molecule has 3 rings (SSSR count). The maximum absolute atomic E-state index is 12.4. The van der Waals surface area contributed by atoms with E-state index in [1.165, 1.54) is 0 Å². The third-order valence-electron chi connectivity index (χ3n) is 4.89. The molecule has 0 bridgehead atoms. The second-order valence-electron chi connectivity index (χ2n) is 7.87. The molecule has 0 spiro atoms. The zero-order valence-corrected chi connectivity index (χ0v) is 17.4. The van der Waals surface area contributed by atoms with Gasteiger partial charge in [-0.3, -0.25) is 9.59 Å². The number of benzene rings is 1. The Balaban J connectivity index is 1.62. The molecule has 1 fully saturated rings. The molecule has 8 heteroatoms. The second-order valence-corrected chi connectivity index (χ2v) is 7.87. The van der Waals surface area contributed by atoms with Crippen LogP contribution in [0.4, 0.5) is 0 Å². The topological polar surface area (TPSA) is 91.4 Å². The number of nitrogens with one attached hydrogen (secondary N) is 1. The summed E-state index contributed by atoms with van der Waals surface area (Å²) in [5.41, 5.74) is 0.703. The zero-order valence-electron chi connectivity index (χ0n) is 17.4. The summed E-state index contributed by atoms with van der Waals surface area (Å²) in [6.07, 6.45) is 0.546. The molecule has 156 valence electrons. The van der Waals surface area contributed by atoms with E-state index in [-0.39, 0.29) is 30.0 Å². The molecule has 0 radical (unpaired) electrons. The van der Waals surface area contributed by atoms with Gasteiger partial charge in [0.25, 0.3) is 5.56 Å². The lowest BCUT2D eigenvalue weighted by atomic mass is 10.2. The van der Waals surface area contributed by atoms with Gasteiger partial charge < -0.3 is 19.5 Å². The monoisotopic (exact) mass is 399 g/mol. The quantitative estimate of drug-likeness (QED) is 0.760. The Bertz CT molecular complexity index is 888. The van der Waals surface area contributed by atoms with Crippen molar-refractivity contribution in [3.05, 3.63) is 40.3 Å². The standard InChI is InChI=1S/C21H29N5O3/c1-15(2)14-29-17-6-4-5-16(13-17)20-22-21(28)18(23-24-20)7-8-19(27)26-11-9-25(3)10-12-26/h4-6,13,15H,7-12,14H2,1-3H3,(H,22,24,28). The molecule has 1 aromatic heterocycles. The Morgan fingerprint density at radius 1 is 1.21 bits per heavy atom. The Hall–Kier alpha value is -2.74. The molecule has 2 aromatic rings. The molecular weight excluding hydrogens is 370 g/mol. The lowest BCUT2D eigenvalue weighted by molar-refractivity contribution is -0.132. The lowest BCUT2D eigenvalue weighted by Crippen LogP contribution is -2.47. The number of rotatable bonds is 7. The first-order valence-corrected chi connectivity index (χ1v) is 10.1. The summed E-state index contributed by atoms with van der Waals surface area (Å²) in [6, 6.07) is 7.40. The van der Waals surface area contributed by atoms with Crippen molar-refractivity contribution in [3.8, 4) is 17.1 Å². The SMILES string of the molecule is CC(C)COc1cccc(-c2nnc(CCC(=O)N3CCN(C)CC3)c(=O)[nH]2)c1. The first-order chi connectivity index (χ1) is 13.9. The summed E-state index contributed by atoms with van der Waals surface area (Å²) >= 11 is 0. The van der Waals surface area contributed by atoms with E-state index in [4.69, 9.17) is 4.74 Å². The van der Waals surface area contributed by atoms with E-state index in [0.29, 0.717) is 18.3 Å². The van der Waals surface area contributed by atoms with Gasteiger partial charge in [-0.1, -0.05) is 26.0 Å². The summed E-state index contributed by atoms with van der Waals surface area (Å²) in [6.45, 7) is 7.99. The number of hydrogen-bond donors (Lipinski definition) is 1. The van der Waals surface area contributed by atoms with Crippen molar-refractivity contribution >= 4 is 5.91 Å². The van der Waals surface area contributed by atoms with Gasteiger partial charge in [-0.2, -0.15) is 0 Å². The highest BCUT2D eigenvalue weighted by Crippen LogP contribution is 2.20. The van der Waals surface area contributed by atoms with Crippen molar-refractivity contribution in [1.29, 1.82) is 0 Å². The normalized spacial score (nSPS) is 15.0. The molecule has 2 heterocycles. The number of likely N-dealkylation sites (N-methyl/N-ethyl adjacent to an activating group) is 1. The molecular formula is C21H29N5O3. The summed E-state index contributed by atoms with van der Waals surface area (Å²) in [5.74, 6) is 1.59. The summed E-state index contributed by atoms with van der Waals surface area (Å²) in [7, 11) is 2.05. The summed E-state index contributed by atoms with van der Waals surface area (Å²) in [4.78, 5) is 31.6. The largest absolute Gasteiger partial charge is 0.493 e. The number of nitrogens with zero attached hydrogens (tertiary/aromatic N) is 4. The third kappa shape index (κ3) is 5.87. The molecule has 1 aromatic carbocycles. The van der Waals surface area contributed by atoms with Crippen molar-refractivity contribution in [2.75, 3.05) is 39.8 Å². The first kappa shape index (κ1) is 21.0. The highest BCUT2D eigenvalue weighted by atomic mass is 16.5. The predicted molar refractivity (Wildman–Crippen MR) is 111 cm³/mol. The van der Waals surface area contributed by atoms with Gasteiger partial charge >= 0.3 is 0 Å². The van der Waals surface area contributed by atoms with Crippen LogP contribution in [0.2, 0.25) is 0 Å². The van der Waals surface area contributed by atoms with Crippen molar-refractivity contribution in [2.24, 2.45) is 5.92 Å². The fourth-order valence-electron chi connectivity index (χ4n) is 3.09. The molecule has 1 amide bonds. The predicted octanol–water partition coefficient (Wildman–Crippen LogP) is 1.57. The van der Waals surface area contributed by atoms with Crippen LogP contribution >= 0.6 is 0 Å². The summed E-state index contributed by atoms with van der Waals surface area (Å²) in [5, 5.41) is 8.23. The van der Waals surface area contributed by atoms with Crippen LogP contribution in [0.1, 0.15) is 26.0 Å². The van der Waals surface area contributed by atoms with Crippen molar-refractivity contribution in [2.45, 2.75) is 26.7 Å². The maximum atomic E-state index is 12.4. The molecule has 1 aliphatic rings. The molecule has 1 saturated heterocycles. The number of hydrogen-bond acceptors (Lipinski definition) is 6. The van der Waals surface area contributed by atoms with Crippen LogP contribution in [0, 0.1) is 5.92 Å². The van der Waals surface area contributed by atoms with E-state index in [1.807, 2.05) is 36.2 Å². The second kappa shape index (κ2) is 9.65. The molecule has 0 atom stereocenters. The minimum absolute atomic E-state index is 0.0541. The molecule has 1 aliphatic heterocycles. The Morgan fingerprint density at radius 2 is 1.97 bits per heavy atom. The maximum Gasteiger partial charge on any atom is 0.273 e. The number of carbonyl (C=O) groups is 1. The van der Waals surface area contributed by atoms with Gasteiger partial charge in [-0.25, -0.2) is 0 Å². The number of piperazine rings is 1. The van der Waals surface area contributed by atoms with Crippen LogP contribution in [0.3, 0.4) is 0 Å². The van der Waals surface area contributed by atoms with Crippen LogP contribution in [-0.4, -0.2) is 70.7 Å². The highest BCUT2D eigenvalue weighted by molar-refractivity contribution is 5.76. The van der Waals surface area contributed by atoms with Gasteiger partial charge in [-0.15, -0.1) is 10.2 Å². The first-order valence-electron chi connectivity index (χ1n) is 10.1. The number of aromatic nitrogens is 3. The third-order valence-corrected chi connectivity index (χ3v) is 4.89. The number of ether oxygens (including phenoxy) is 1. The fourth-order valence-corrected chi connectivity index (χ4v) is 3.09. The molecule has 8 nitrogen and oxygen atoms in total. The lowest BCUT2D eigenvalue weighted by Gasteiger charge is -2.32. The molecule has 0 aliphatic carbocycles. The molecule has 0 saturated carbocycles. The number of aryl methyl sites for hydroxylation is 1. The zero-order chi connectivity index (χ0) is 20.8. The number of aromatic amines is 1. The number of carbonyl (C=O) groups excluding carboxylic acids is 1. The number of H-pyrrole nitrogens is 1. The van der Waals surface area contributed by atoms with Gasteiger partial charge in [0.2, 0.25) is 5.91 Å². The van der Waals surface area contributed by atoms with Gasteiger partial charge in [0.15, 0.2) is 5.82 Å². The minimum atomic E-state index is -0.310. The Morgan fingerprint density at radius 3 is 2.66 bits per heavy atom. The van der Waals surface area contributed by atoms with Crippen LogP contribution < -0.4 is 10.3 Å². The highest BCUT2D eigenvalue weighted by Gasteiger charge is 2.19. The Kier molecular flexibility index (Phi) is 6.98. The van der Waals surface area contributed by atoms with E-state index in [1.54, 1.807) is 0 Å². The van der Waals surface area contributed by atoms with Crippen LogP contribution in [-0.2, 0) is 11.2 Å². The Labute approximate surface area is 170 Å². The fraction of sp³-hybridized carbons (Fsp3) is 0.524. The molecule has 1 N–H and O–H groups in total. The van der Waals surface area contributed by atoms with Crippen LogP contribution in [0.15, 0.2) is 29.1 Å². The smallest absolute Gasteiger partial charge is 0.273 e. The van der Waals surface area contributed by atoms with Crippen LogP contribution in [0.5, 0.6) is 5.75 Å². The summed E-state index contributed by atoms with van der Waals surface area (Å²) < 4.78 is 5.73. The van der Waals surface area contributed by atoms with Gasteiger partial charge in [-0.05, 0) is 25.1 Å².